The number of benzene rings is 1. The summed E-state index contributed by atoms with van der Waals surface area (Å²) in [4.78, 5) is 21.2. The van der Waals surface area contributed by atoms with E-state index in [1.807, 2.05) is 60.1 Å². The van der Waals surface area contributed by atoms with Crippen molar-refractivity contribution < 1.29 is 9.53 Å². The Morgan fingerprint density at radius 3 is 2.68 bits per heavy atom. The highest BCUT2D eigenvalue weighted by molar-refractivity contribution is 5.77. The summed E-state index contributed by atoms with van der Waals surface area (Å²) in [6.45, 7) is 10.5. The Labute approximate surface area is 187 Å². The van der Waals surface area contributed by atoms with Crippen LogP contribution in [-0.2, 0) is 9.53 Å². The maximum atomic E-state index is 11.0. The monoisotopic (exact) mass is 426 g/mol. The van der Waals surface area contributed by atoms with Gasteiger partial charge < -0.3 is 19.7 Å². The minimum absolute atomic E-state index is 0.0545. The number of nitrogens with one attached hydrogen (secondary N) is 1. The number of anilines is 2. The first kappa shape index (κ1) is 26.1. The van der Waals surface area contributed by atoms with E-state index in [0.29, 0.717) is 24.6 Å². The van der Waals surface area contributed by atoms with Crippen molar-refractivity contribution in [2.75, 3.05) is 44.5 Å². The van der Waals surface area contributed by atoms with E-state index in [9.17, 15) is 4.79 Å². The van der Waals surface area contributed by atoms with Crippen LogP contribution >= 0.6 is 0 Å². The first-order valence-corrected chi connectivity index (χ1v) is 10.7. The van der Waals surface area contributed by atoms with Gasteiger partial charge in [-0.15, -0.1) is 0 Å². The topological polar surface area (TPSA) is 66.3 Å². The molecule has 0 amide bonds. The van der Waals surface area contributed by atoms with Crippen LogP contribution in [0.3, 0.4) is 0 Å². The van der Waals surface area contributed by atoms with Gasteiger partial charge in [-0.25, -0.2) is 0 Å². The van der Waals surface area contributed by atoms with E-state index in [1.165, 1.54) is 5.69 Å². The van der Waals surface area contributed by atoms with Crippen LogP contribution in [0.2, 0.25) is 0 Å². The van der Waals surface area contributed by atoms with Crippen LogP contribution in [0.5, 0.6) is 0 Å². The molecular formula is C25H38N4O2. The van der Waals surface area contributed by atoms with Gasteiger partial charge in [0.1, 0.15) is 6.29 Å². The van der Waals surface area contributed by atoms with Gasteiger partial charge in [-0.05, 0) is 58.5 Å². The van der Waals surface area contributed by atoms with E-state index in [1.54, 1.807) is 6.21 Å². The molecule has 2 rings (SSSR count). The summed E-state index contributed by atoms with van der Waals surface area (Å²) < 4.78 is 5.86. The Hall–Kier alpha value is -2.89. The molecule has 170 valence electrons. The number of carbonyl (C=O) groups is 1. The Morgan fingerprint density at radius 1 is 1.42 bits per heavy atom. The minimum Gasteiger partial charge on any atom is -0.489 e. The fourth-order valence-electron chi connectivity index (χ4n) is 3.03. The molecule has 0 radical (unpaired) electrons. The summed E-state index contributed by atoms with van der Waals surface area (Å²) >= 11 is 0. The molecule has 1 aromatic rings. The molecule has 0 aromatic heterocycles. The van der Waals surface area contributed by atoms with Crippen molar-refractivity contribution in [3.05, 3.63) is 47.9 Å². The molecule has 1 N–H and O–H groups in total. The van der Waals surface area contributed by atoms with Crippen LogP contribution in [0.15, 0.2) is 57.9 Å². The van der Waals surface area contributed by atoms with Crippen LogP contribution in [0, 0.1) is 11.3 Å². The molecule has 1 aliphatic carbocycles. The van der Waals surface area contributed by atoms with Crippen LogP contribution in [-0.4, -0.2) is 53.5 Å². The fourth-order valence-corrected chi connectivity index (χ4v) is 3.03. The lowest BCUT2D eigenvalue weighted by atomic mass is 10.0. The van der Waals surface area contributed by atoms with Crippen LogP contribution in [0.4, 0.5) is 11.4 Å². The van der Waals surface area contributed by atoms with Crippen molar-refractivity contribution >= 4 is 30.6 Å². The molecule has 0 heterocycles. The molecule has 6 nitrogen and oxygen atoms in total. The van der Waals surface area contributed by atoms with Gasteiger partial charge in [0.05, 0.1) is 18.5 Å². The molecular weight excluding hydrogens is 388 g/mol. The zero-order chi connectivity index (χ0) is 23.3. The van der Waals surface area contributed by atoms with Gasteiger partial charge in [-0.1, -0.05) is 18.2 Å². The third kappa shape index (κ3) is 8.40. The molecule has 2 atom stereocenters. The van der Waals surface area contributed by atoms with Crippen molar-refractivity contribution in [2.45, 2.75) is 33.6 Å². The standard InChI is InChI=1S/C16H24N2O2.C9H14N2/c1-5-7-8-16(9-14(16)11-19)12-20-15(10-18-6-2)13(3)17-4;1-10-8-5-4-6-9(7-8)11(2)3/h5,7,10-11,14H,4,6,8-9,12H2,1-3H3;4-7,10H,1-3H3/b7-5-,15-13+,18-10?;/t14-,16+;/m0./s1. The van der Waals surface area contributed by atoms with E-state index < -0.39 is 0 Å². The molecule has 1 saturated carbocycles. The number of hydrogen-bond donors (Lipinski definition) is 1. The Balaban J connectivity index is 0.000000367. The summed E-state index contributed by atoms with van der Waals surface area (Å²) in [6, 6.07) is 8.29. The molecule has 6 heteroatoms. The average Bonchev–Trinajstić information content (AvgIpc) is 3.51. The maximum Gasteiger partial charge on any atom is 0.158 e. The van der Waals surface area contributed by atoms with Crippen molar-refractivity contribution in [1.29, 1.82) is 0 Å². The van der Waals surface area contributed by atoms with Crippen LogP contribution < -0.4 is 10.2 Å². The number of carbonyl (C=O) groups excluding carboxylic acids is 1. The largest absolute Gasteiger partial charge is 0.489 e. The number of hydrogen-bond acceptors (Lipinski definition) is 6. The van der Waals surface area contributed by atoms with E-state index in [-0.39, 0.29) is 11.3 Å². The van der Waals surface area contributed by atoms with E-state index in [4.69, 9.17) is 4.74 Å². The fraction of sp³-hybridized carbons (Fsp3) is 0.480. The Morgan fingerprint density at radius 2 is 2.16 bits per heavy atom. The summed E-state index contributed by atoms with van der Waals surface area (Å²) in [5, 5.41) is 3.10. The maximum absolute atomic E-state index is 11.0. The number of nitrogens with zero attached hydrogens (tertiary/aromatic N) is 3. The Bertz CT molecular complexity index is 798. The molecule has 31 heavy (non-hydrogen) atoms. The summed E-state index contributed by atoms with van der Waals surface area (Å²) in [7, 11) is 6.00. The van der Waals surface area contributed by atoms with Gasteiger partial charge in [-0.3, -0.25) is 9.98 Å². The molecule has 1 aliphatic rings. The highest BCUT2D eigenvalue weighted by atomic mass is 16.5. The Kier molecular flexibility index (Phi) is 11.3. The molecule has 0 spiro atoms. The number of ether oxygens (including phenoxy) is 1. The van der Waals surface area contributed by atoms with Gasteiger partial charge in [0.25, 0.3) is 0 Å². The first-order chi connectivity index (χ1) is 14.9. The predicted octanol–water partition coefficient (Wildman–Crippen LogP) is 4.99. The smallest absolute Gasteiger partial charge is 0.158 e. The lowest BCUT2D eigenvalue weighted by Gasteiger charge is -2.16. The van der Waals surface area contributed by atoms with Crippen molar-refractivity contribution in [2.24, 2.45) is 21.3 Å². The number of allylic oxidation sites excluding steroid dienone is 4. The molecule has 0 saturated heterocycles. The second-order valence-electron chi connectivity index (χ2n) is 7.80. The summed E-state index contributed by atoms with van der Waals surface area (Å²) in [5.74, 6) is 0.735. The molecule has 0 aliphatic heterocycles. The highest BCUT2D eigenvalue weighted by Crippen LogP contribution is 2.54. The molecule has 0 unspecified atom stereocenters. The zero-order valence-electron chi connectivity index (χ0n) is 19.9. The lowest BCUT2D eigenvalue weighted by molar-refractivity contribution is -0.109. The van der Waals surface area contributed by atoms with Crippen molar-refractivity contribution in [1.82, 2.24) is 0 Å². The summed E-state index contributed by atoms with van der Waals surface area (Å²) in [5.41, 5.74) is 3.03. The van der Waals surface area contributed by atoms with E-state index >= 15 is 0 Å². The SMILES string of the molecule is C=N/C(C)=C(\C=NCC)OC[C@@]1(C/C=C\C)C[C@H]1C=O.CNc1cccc(N(C)C)c1. The van der Waals surface area contributed by atoms with E-state index in [0.717, 1.165) is 24.8 Å². The normalized spacial score (nSPS) is 20.5. The van der Waals surface area contributed by atoms with Crippen molar-refractivity contribution in [3.63, 3.8) is 0 Å². The third-order valence-electron chi connectivity index (χ3n) is 5.33. The second-order valence-corrected chi connectivity index (χ2v) is 7.80. The zero-order valence-corrected chi connectivity index (χ0v) is 19.9. The molecule has 0 bridgehead atoms. The predicted molar refractivity (Wildman–Crippen MR) is 134 cm³/mol. The van der Waals surface area contributed by atoms with Gasteiger partial charge in [0.2, 0.25) is 0 Å². The van der Waals surface area contributed by atoms with Gasteiger partial charge in [-0.2, -0.15) is 0 Å². The molecule has 1 fully saturated rings. The first-order valence-electron chi connectivity index (χ1n) is 10.7. The lowest BCUT2D eigenvalue weighted by Crippen LogP contribution is -2.14. The van der Waals surface area contributed by atoms with Crippen molar-refractivity contribution in [3.8, 4) is 0 Å². The number of aliphatic imine (C=N–C) groups is 2. The number of rotatable bonds is 11. The van der Waals surface area contributed by atoms with Gasteiger partial charge in [0, 0.05) is 50.4 Å². The van der Waals surface area contributed by atoms with Gasteiger partial charge in [0.15, 0.2) is 5.76 Å². The highest BCUT2D eigenvalue weighted by Gasteiger charge is 2.53. The quantitative estimate of drug-likeness (QED) is 0.234. The average molecular weight is 427 g/mol. The van der Waals surface area contributed by atoms with Gasteiger partial charge >= 0.3 is 0 Å². The van der Waals surface area contributed by atoms with Crippen LogP contribution in [0.1, 0.15) is 33.6 Å². The number of aldehydes is 1. The third-order valence-corrected chi connectivity index (χ3v) is 5.33. The van der Waals surface area contributed by atoms with Crippen LogP contribution in [0.25, 0.3) is 0 Å². The minimum atomic E-state index is -0.0545. The summed E-state index contributed by atoms with van der Waals surface area (Å²) in [6.07, 6.45) is 8.58. The molecule has 1 aromatic carbocycles. The van der Waals surface area contributed by atoms with E-state index in [2.05, 4.69) is 45.1 Å². The second kappa shape index (κ2) is 13.4.